The van der Waals surface area contributed by atoms with Gasteiger partial charge in [-0.2, -0.15) is 0 Å². The Morgan fingerprint density at radius 3 is 2.14 bits per heavy atom. The summed E-state index contributed by atoms with van der Waals surface area (Å²) in [6.45, 7) is 4.32. The molecule has 1 nitrogen and oxygen atoms in total. The summed E-state index contributed by atoms with van der Waals surface area (Å²) in [5, 5.41) is 0. The second-order valence-corrected chi connectivity index (χ2v) is 5.47. The Balaban J connectivity index is 2.14. The summed E-state index contributed by atoms with van der Waals surface area (Å²) in [6, 6.07) is 21.5. The molecule has 1 aromatic heterocycles. The first kappa shape index (κ1) is 13.6. The van der Waals surface area contributed by atoms with Crippen LogP contribution in [0.4, 0.5) is 0 Å². The summed E-state index contributed by atoms with van der Waals surface area (Å²) in [4.78, 5) is 4.30. The minimum Gasteiger partial charge on any atom is -0.264 e. The first-order valence-electron chi connectivity index (χ1n) is 7.28. The van der Waals surface area contributed by atoms with Crippen LogP contribution in [0.5, 0.6) is 0 Å². The van der Waals surface area contributed by atoms with Crippen molar-refractivity contribution in [3.05, 3.63) is 101 Å². The molecule has 1 heteroatoms. The highest BCUT2D eigenvalue weighted by Crippen LogP contribution is 2.32. The molecule has 1 heterocycles. The Morgan fingerprint density at radius 2 is 1.48 bits per heavy atom. The van der Waals surface area contributed by atoms with Gasteiger partial charge in [-0.25, -0.2) is 0 Å². The number of rotatable bonds is 3. The van der Waals surface area contributed by atoms with Gasteiger partial charge in [0, 0.05) is 18.3 Å². The molecular weight excluding hydrogens is 254 g/mol. The number of nitrogens with zero attached hydrogens (tertiary/aromatic N) is 1. The smallest absolute Gasteiger partial charge is 0.0355 e. The van der Waals surface area contributed by atoms with E-state index in [9.17, 15) is 0 Å². The Labute approximate surface area is 126 Å². The lowest BCUT2D eigenvalue weighted by molar-refractivity contribution is 0.959. The number of aromatic nitrogens is 1. The van der Waals surface area contributed by atoms with Crippen LogP contribution in [-0.2, 0) is 0 Å². The van der Waals surface area contributed by atoms with Crippen molar-refractivity contribution in [1.82, 2.24) is 4.98 Å². The zero-order valence-corrected chi connectivity index (χ0v) is 12.5. The second kappa shape index (κ2) is 5.92. The van der Waals surface area contributed by atoms with Gasteiger partial charge >= 0.3 is 0 Å². The summed E-state index contributed by atoms with van der Waals surface area (Å²) in [5.74, 6) is 0.235. The topological polar surface area (TPSA) is 12.9 Å². The Hall–Kier alpha value is -2.41. The summed E-state index contributed by atoms with van der Waals surface area (Å²) in [7, 11) is 0. The van der Waals surface area contributed by atoms with Crippen LogP contribution >= 0.6 is 0 Å². The molecule has 0 radical (unpaired) electrons. The molecule has 3 rings (SSSR count). The molecule has 0 aliphatic carbocycles. The SMILES string of the molecule is Cc1ccc(C(c2ccccc2)c2cccnc2)cc1C. The van der Waals surface area contributed by atoms with E-state index in [-0.39, 0.29) is 5.92 Å². The minimum atomic E-state index is 0.235. The van der Waals surface area contributed by atoms with Crippen LogP contribution in [0.25, 0.3) is 0 Å². The lowest BCUT2D eigenvalue weighted by atomic mass is 9.85. The van der Waals surface area contributed by atoms with Crippen LogP contribution in [0.1, 0.15) is 33.7 Å². The maximum absolute atomic E-state index is 4.30. The van der Waals surface area contributed by atoms with E-state index in [2.05, 4.69) is 73.4 Å². The van der Waals surface area contributed by atoms with Crippen LogP contribution in [0, 0.1) is 13.8 Å². The molecule has 0 saturated carbocycles. The van der Waals surface area contributed by atoms with E-state index in [0.717, 1.165) is 0 Å². The molecule has 0 N–H and O–H groups in total. The number of hydrogen-bond donors (Lipinski definition) is 0. The van der Waals surface area contributed by atoms with Crippen molar-refractivity contribution in [3.8, 4) is 0 Å². The van der Waals surface area contributed by atoms with Gasteiger partial charge in [0.2, 0.25) is 0 Å². The molecule has 1 unspecified atom stereocenters. The lowest BCUT2D eigenvalue weighted by Crippen LogP contribution is -2.04. The van der Waals surface area contributed by atoms with E-state index < -0.39 is 0 Å². The van der Waals surface area contributed by atoms with Crippen LogP contribution in [0.3, 0.4) is 0 Å². The molecular formula is C20H19N. The number of hydrogen-bond acceptors (Lipinski definition) is 1. The van der Waals surface area contributed by atoms with Crippen molar-refractivity contribution >= 4 is 0 Å². The summed E-state index contributed by atoms with van der Waals surface area (Å²) in [6.07, 6.45) is 3.79. The molecule has 2 aromatic carbocycles. The Kier molecular flexibility index (Phi) is 3.83. The normalized spacial score (nSPS) is 12.1. The van der Waals surface area contributed by atoms with Gasteiger partial charge in [0.25, 0.3) is 0 Å². The molecule has 0 spiro atoms. The summed E-state index contributed by atoms with van der Waals surface area (Å²) >= 11 is 0. The van der Waals surface area contributed by atoms with E-state index in [1.807, 2.05) is 18.5 Å². The number of aryl methyl sites for hydroxylation is 2. The highest BCUT2D eigenvalue weighted by molar-refractivity contribution is 5.44. The maximum atomic E-state index is 4.30. The van der Waals surface area contributed by atoms with E-state index >= 15 is 0 Å². The predicted molar refractivity (Wildman–Crippen MR) is 87.5 cm³/mol. The van der Waals surface area contributed by atoms with E-state index in [1.165, 1.54) is 27.8 Å². The van der Waals surface area contributed by atoms with Crippen LogP contribution in [0.15, 0.2) is 73.1 Å². The fourth-order valence-corrected chi connectivity index (χ4v) is 2.71. The average molecular weight is 273 g/mol. The number of pyridine rings is 1. The molecule has 0 saturated heterocycles. The molecule has 0 aliphatic heterocycles. The third-order valence-electron chi connectivity index (χ3n) is 4.01. The standard InChI is InChI=1S/C20H19N/c1-15-10-11-18(13-16(15)2)20(17-7-4-3-5-8-17)19-9-6-12-21-14-19/h3-14,20H,1-2H3. The van der Waals surface area contributed by atoms with Gasteiger partial charge in [0.1, 0.15) is 0 Å². The Morgan fingerprint density at radius 1 is 0.714 bits per heavy atom. The highest BCUT2D eigenvalue weighted by atomic mass is 14.6. The largest absolute Gasteiger partial charge is 0.264 e. The molecule has 1 atom stereocenters. The second-order valence-electron chi connectivity index (χ2n) is 5.47. The van der Waals surface area contributed by atoms with Crippen LogP contribution < -0.4 is 0 Å². The van der Waals surface area contributed by atoms with E-state index in [0.29, 0.717) is 0 Å². The van der Waals surface area contributed by atoms with Gasteiger partial charge in [-0.1, -0.05) is 54.6 Å². The first-order valence-corrected chi connectivity index (χ1v) is 7.28. The van der Waals surface area contributed by atoms with Crippen LogP contribution in [-0.4, -0.2) is 4.98 Å². The maximum Gasteiger partial charge on any atom is 0.0355 e. The average Bonchev–Trinajstić information content (AvgIpc) is 2.53. The van der Waals surface area contributed by atoms with Gasteiger partial charge in [0.05, 0.1) is 0 Å². The zero-order valence-electron chi connectivity index (χ0n) is 12.5. The zero-order chi connectivity index (χ0) is 14.7. The van der Waals surface area contributed by atoms with Gasteiger partial charge in [-0.3, -0.25) is 4.98 Å². The molecule has 21 heavy (non-hydrogen) atoms. The lowest BCUT2D eigenvalue weighted by Gasteiger charge is -2.19. The fourth-order valence-electron chi connectivity index (χ4n) is 2.71. The van der Waals surface area contributed by atoms with Gasteiger partial charge in [-0.15, -0.1) is 0 Å². The van der Waals surface area contributed by atoms with Gasteiger partial charge in [-0.05, 0) is 47.7 Å². The van der Waals surface area contributed by atoms with Gasteiger partial charge in [0.15, 0.2) is 0 Å². The highest BCUT2D eigenvalue weighted by Gasteiger charge is 2.17. The van der Waals surface area contributed by atoms with Gasteiger partial charge < -0.3 is 0 Å². The third kappa shape index (κ3) is 2.87. The van der Waals surface area contributed by atoms with Crippen molar-refractivity contribution in [3.63, 3.8) is 0 Å². The van der Waals surface area contributed by atoms with Crippen molar-refractivity contribution in [2.24, 2.45) is 0 Å². The molecule has 0 aliphatic rings. The monoisotopic (exact) mass is 273 g/mol. The molecule has 0 bridgehead atoms. The van der Waals surface area contributed by atoms with Crippen LogP contribution in [0.2, 0.25) is 0 Å². The van der Waals surface area contributed by atoms with E-state index in [1.54, 1.807) is 0 Å². The van der Waals surface area contributed by atoms with Crippen molar-refractivity contribution < 1.29 is 0 Å². The van der Waals surface area contributed by atoms with Crippen molar-refractivity contribution in [2.75, 3.05) is 0 Å². The molecule has 0 fully saturated rings. The minimum absolute atomic E-state index is 0.235. The van der Waals surface area contributed by atoms with Crippen molar-refractivity contribution in [1.29, 1.82) is 0 Å². The third-order valence-corrected chi connectivity index (χ3v) is 4.01. The molecule has 3 aromatic rings. The van der Waals surface area contributed by atoms with E-state index in [4.69, 9.17) is 0 Å². The number of benzene rings is 2. The molecule has 0 amide bonds. The molecule has 104 valence electrons. The first-order chi connectivity index (χ1) is 10.3. The van der Waals surface area contributed by atoms with Crippen molar-refractivity contribution in [2.45, 2.75) is 19.8 Å². The summed E-state index contributed by atoms with van der Waals surface area (Å²) < 4.78 is 0. The fraction of sp³-hybridized carbons (Fsp3) is 0.150. The summed E-state index contributed by atoms with van der Waals surface area (Å²) in [5.41, 5.74) is 6.51. The quantitative estimate of drug-likeness (QED) is 0.663. The Bertz CT molecular complexity index is 678. The predicted octanol–water partition coefficient (Wildman–Crippen LogP) is 4.88.